The Morgan fingerprint density at radius 3 is 2.59 bits per heavy atom. The lowest BCUT2D eigenvalue weighted by atomic mass is 10.1. The quantitative estimate of drug-likeness (QED) is 0.624. The van der Waals surface area contributed by atoms with Gasteiger partial charge >= 0.3 is 0 Å². The molecule has 2 aromatic rings. The fourth-order valence-electron chi connectivity index (χ4n) is 2.87. The summed E-state index contributed by atoms with van der Waals surface area (Å²) in [6.45, 7) is 2.06. The van der Waals surface area contributed by atoms with Crippen molar-refractivity contribution in [3.63, 3.8) is 0 Å². The molecule has 0 atom stereocenters. The van der Waals surface area contributed by atoms with Crippen LogP contribution in [0, 0.1) is 0 Å². The second-order valence-corrected chi connectivity index (χ2v) is 9.82. The van der Waals surface area contributed by atoms with Gasteiger partial charge in [0, 0.05) is 6.04 Å². The highest BCUT2D eigenvalue weighted by molar-refractivity contribution is 8.03. The number of carbonyl (C=O) groups excluding carboxylic acids is 2. The van der Waals surface area contributed by atoms with Crippen molar-refractivity contribution >= 4 is 52.4 Å². The van der Waals surface area contributed by atoms with Crippen molar-refractivity contribution in [2.24, 2.45) is 0 Å². The minimum Gasteiger partial charge on any atom is -0.349 e. The highest BCUT2D eigenvalue weighted by atomic mass is 32.2. The van der Waals surface area contributed by atoms with E-state index in [1.807, 2.05) is 12.1 Å². The molecule has 1 saturated carbocycles. The third-order valence-electron chi connectivity index (χ3n) is 4.12. The van der Waals surface area contributed by atoms with Crippen LogP contribution in [-0.2, 0) is 4.79 Å². The van der Waals surface area contributed by atoms with Crippen molar-refractivity contribution < 1.29 is 9.59 Å². The molecule has 0 saturated heterocycles. The second-order valence-electron chi connectivity index (χ2n) is 6.10. The summed E-state index contributed by atoms with van der Waals surface area (Å²) in [7, 11) is 0. The summed E-state index contributed by atoms with van der Waals surface area (Å²) < 4.78 is 1.68. The number of hydrogen-bond acceptors (Lipinski definition) is 7. The first-order valence-corrected chi connectivity index (χ1v) is 11.7. The van der Waals surface area contributed by atoms with E-state index in [0.29, 0.717) is 11.3 Å². The predicted molar refractivity (Wildman–Crippen MR) is 112 cm³/mol. The molecule has 1 aliphatic rings. The zero-order valence-electron chi connectivity index (χ0n) is 15.1. The number of rotatable bonds is 8. The molecule has 1 aromatic carbocycles. The summed E-state index contributed by atoms with van der Waals surface area (Å²) in [6, 6.07) is 7.36. The SMILES string of the molecule is CCSc1nnc(SCC(=O)Nc2ccccc2C(=O)NC2CCCC2)s1. The Bertz CT molecular complexity index is 790. The molecule has 1 aliphatic carbocycles. The highest BCUT2D eigenvalue weighted by Crippen LogP contribution is 2.28. The molecule has 0 radical (unpaired) electrons. The fraction of sp³-hybridized carbons (Fsp3) is 0.444. The van der Waals surface area contributed by atoms with Gasteiger partial charge in [0.2, 0.25) is 5.91 Å². The number of thioether (sulfide) groups is 2. The third-order valence-corrected chi connectivity index (χ3v) is 7.19. The highest BCUT2D eigenvalue weighted by Gasteiger charge is 2.20. The molecule has 1 aromatic heterocycles. The van der Waals surface area contributed by atoms with Gasteiger partial charge in [-0.05, 0) is 30.7 Å². The van der Waals surface area contributed by atoms with Crippen LogP contribution in [0.5, 0.6) is 0 Å². The summed E-state index contributed by atoms with van der Waals surface area (Å²) in [5.74, 6) is 0.876. The molecule has 1 fully saturated rings. The van der Waals surface area contributed by atoms with Crippen molar-refractivity contribution in [1.82, 2.24) is 15.5 Å². The van der Waals surface area contributed by atoms with Crippen LogP contribution in [0.4, 0.5) is 5.69 Å². The van der Waals surface area contributed by atoms with Crippen LogP contribution in [-0.4, -0.2) is 39.6 Å². The number of amides is 2. The van der Waals surface area contributed by atoms with Gasteiger partial charge in [-0.2, -0.15) is 0 Å². The number of nitrogens with one attached hydrogen (secondary N) is 2. The Balaban J connectivity index is 1.56. The molecule has 0 aliphatic heterocycles. The van der Waals surface area contributed by atoms with Crippen molar-refractivity contribution in [1.29, 1.82) is 0 Å². The van der Waals surface area contributed by atoms with Crippen LogP contribution in [0.15, 0.2) is 32.9 Å². The van der Waals surface area contributed by atoms with Gasteiger partial charge in [-0.3, -0.25) is 9.59 Å². The summed E-state index contributed by atoms with van der Waals surface area (Å²) in [5, 5.41) is 14.1. The maximum Gasteiger partial charge on any atom is 0.253 e. The van der Waals surface area contributed by atoms with E-state index in [1.54, 1.807) is 23.9 Å². The zero-order chi connectivity index (χ0) is 19.1. The van der Waals surface area contributed by atoms with E-state index in [-0.39, 0.29) is 23.6 Å². The van der Waals surface area contributed by atoms with Crippen LogP contribution in [0.2, 0.25) is 0 Å². The van der Waals surface area contributed by atoms with Gasteiger partial charge in [0.05, 0.1) is 17.0 Å². The van der Waals surface area contributed by atoms with Crippen LogP contribution >= 0.6 is 34.9 Å². The largest absolute Gasteiger partial charge is 0.349 e. The molecule has 144 valence electrons. The normalized spacial score (nSPS) is 14.3. The molecule has 6 nitrogen and oxygen atoms in total. The van der Waals surface area contributed by atoms with Crippen LogP contribution in [0.25, 0.3) is 0 Å². The van der Waals surface area contributed by atoms with Crippen molar-refractivity contribution in [3.8, 4) is 0 Å². The number of nitrogens with zero attached hydrogens (tertiary/aromatic N) is 2. The maximum atomic E-state index is 12.6. The topological polar surface area (TPSA) is 84.0 Å². The lowest BCUT2D eigenvalue weighted by Gasteiger charge is -2.14. The molecule has 2 N–H and O–H groups in total. The molecule has 0 unspecified atom stereocenters. The second kappa shape index (κ2) is 10.1. The van der Waals surface area contributed by atoms with Crippen molar-refractivity contribution in [2.75, 3.05) is 16.8 Å². The molecular weight excluding hydrogens is 400 g/mol. The monoisotopic (exact) mass is 422 g/mol. The Kier molecular flexibility index (Phi) is 7.54. The number of para-hydroxylation sites is 1. The van der Waals surface area contributed by atoms with E-state index in [4.69, 9.17) is 0 Å². The summed E-state index contributed by atoms with van der Waals surface area (Å²) in [5.41, 5.74) is 1.04. The molecular formula is C18H22N4O2S3. The van der Waals surface area contributed by atoms with Crippen LogP contribution in [0.3, 0.4) is 0 Å². The Labute approximate surface area is 171 Å². The lowest BCUT2D eigenvalue weighted by molar-refractivity contribution is -0.113. The van der Waals surface area contributed by atoms with E-state index in [0.717, 1.165) is 40.1 Å². The number of anilines is 1. The zero-order valence-corrected chi connectivity index (χ0v) is 17.5. The lowest BCUT2D eigenvalue weighted by Crippen LogP contribution is -2.33. The first-order valence-electron chi connectivity index (χ1n) is 8.94. The molecule has 1 heterocycles. The van der Waals surface area contributed by atoms with Gasteiger partial charge in [0.15, 0.2) is 8.68 Å². The first kappa shape index (κ1) is 20.2. The summed E-state index contributed by atoms with van der Waals surface area (Å²) in [6.07, 6.45) is 4.36. The standard InChI is InChI=1S/C18H22N4O2S3/c1-2-25-17-21-22-18(27-17)26-11-15(23)20-14-10-6-5-9-13(14)16(24)19-12-7-3-4-8-12/h5-6,9-10,12H,2-4,7-8,11H2,1H3,(H,19,24)(H,20,23). The van der Waals surface area contributed by atoms with E-state index >= 15 is 0 Å². The average Bonchev–Trinajstić information content (AvgIpc) is 3.33. The van der Waals surface area contributed by atoms with Gasteiger partial charge < -0.3 is 10.6 Å². The average molecular weight is 423 g/mol. The summed E-state index contributed by atoms with van der Waals surface area (Å²) in [4.78, 5) is 24.9. The summed E-state index contributed by atoms with van der Waals surface area (Å²) >= 11 is 4.48. The molecule has 9 heteroatoms. The Hall–Kier alpha value is -1.58. The third kappa shape index (κ3) is 5.95. The van der Waals surface area contributed by atoms with E-state index in [1.165, 1.54) is 23.1 Å². The van der Waals surface area contributed by atoms with Gasteiger partial charge in [-0.1, -0.05) is 66.8 Å². The van der Waals surface area contributed by atoms with Crippen molar-refractivity contribution in [2.45, 2.75) is 47.3 Å². The van der Waals surface area contributed by atoms with E-state index in [2.05, 4.69) is 27.8 Å². The Morgan fingerprint density at radius 1 is 1.15 bits per heavy atom. The van der Waals surface area contributed by atoms with E-state index in [9.17, 15) is 9.59 Å². The minimum absolute atomic E-state index is 0.129. The molecule has 0 spiro atoms. The van der Waals surface area contributed by atoms with Gasteiger partial charge in [-0.25, -0.2) is 0 Å². The van der Waals surface area contributed by atoms with Gasteiger partial charge in [0.25, 0.3) is 5.91 Å². The molecule has 0 bridgehead atoms. The predicted octanol–water partition coefficient (Wildman–Crippen LogP) is 4.05. The molecule has 3 rings (SSSR count). The number of aromatic nitrogens is 2. The minimum atomic E-state index is -0.166. The van der Waals surface area contributed by atoms with Crippen LogP contribution in [0.1, 0.15) is 43.0 Å². The molecule has 27 heavy (non-hydrogen) atoms. The van der Waals surface area contributed by atoms with E-state index < -0.39 is 0 Å². The smallest absolute Gasteiger partial charge is 0.253 e. The van der Waals surface area contributed by atoms with Gasteiger partial charge in [-0.15, -0.1) is 10.2 Å². The number of benzene rings is 1. The number of hydrogen-bond donors (Lipinski definition) is 2. The van der Waals surface area contributed by atoms with Crippen LogP contribution < -0.4 is 10.6 Å². The van der Waals surface area contributed by atoms with Crippen molar-refractivity contribution in [3.05, 3.63) is 29.8 Å². The Morgan fingerprint density at radius 2 is 1.85 bits per heavy atom. The molecule has 2 amide bonds. The van der Waals surface area contributed by atoms with Gasteiger partial charge in [0.1, 0.15) is 0 Å². The first-order chi connectivity index (χ1) is 13.2. The fourth-order valence-corrected chi connectivity index (χ4v) is 5.59. The number of carbonyl (C=O) groups is 2. The maximum absolute atomic E-state index is 12.6.